The SMILES string of the molecule is Cc1cccc(C)c1-c1ccc2c(c1)B1c3ccc(N(c4ccc(-c5ccccc5)cc4)c4c(C)cc(C(C)(C)C)cc4C)cc3N(c3ccc(-c4ccccc4)cc3)c3cc(C(C)(C)C)cc(c31)N2c1ccc2c(c1)C(C)(C)c1ccccc1-2. The van der Waals surface area contributed by atoms with E-state index in [0.29, 0.717) is 0 Å². The Morgan fingerprint density at radius 2 is 0.871 bits per heavy atom. The van der Waals surface area contributed by atoms with E-state index < -0.39 is 0 Å². The monoisotopic (exact) mass is 1100 g/mol. The number of rotatable bonds is 8. The summed E-state index contributed by atoms with van der Waals surface area (Å²) in [6.07, 6.45) is 0. The fourth-order valence-corrected chi connectivity index (χ4v) is 14.4. The molecule has 0 atom stereocenters. The molecule has 0 spiro atoms. The smallest absolute Gasteiger partial charge is 0.252 e. The molecule has 0 bridgehead atoms. The first-order valence-corrected chi connectivity index (χ1v) is 30.4. The number of benzene rings is 11. The van der Waals surface area contributed by atoms with E-state index in [-0.39, 0.29) is 23.0 Å². The average molecular weight is 1100 g/mol. The average Bonchev–Trinajstić information content (AvgIpc) is 2.17. The maximum atomic E-state index is 2.62. The normalized spacial score (nSPS) is 13.7. The van der Waals surface area contributed by atoms with Crippen molar-refractivity contribution in [3.63, 3.8) is 0 Å². The molecule has 0 fully saturated rings. The fourth-order valence-electron chi connectivity index (χ4n) is 14.4. The molecule has 0 N–H and O–H groups in total. The van der Waals surface area contributed by atoms with Crippen molar-refractivity contribution in [2.45, 2.75) is 99.3 Å². The van der Waals surface area contributed by atoms with Gasteiger partial charge in [-0.3, -0.25) is 0 Å². The minimum atomic E-state index is -0.192. The van der Waals surface area contributed by atoms with Crippen LogP contribution in [0.2, 0.25) is 0 Å². The molecule has 11 aromatic rings. The molecule has 3 nitrogen and oxygen atoms in total. The van der Waals surface area contributed by atoms with Crippen molar-refractivity contribution in [3.05, 3.63) is 275 Å². The van der Waals surface area contributed by atoms with Crippen LogP contribution in [0.25, 0.3) is 44.5 Å². The van der Waals surface area contributed by atoms with Gasteiger partial charge in [-0.05, 0) is 211 Å². The van der Waals surface area contributed by atoms with Gasteiger partial charge >= 0.3 is 0 Å². The predicted molar refractivity (Wildman–Crippen MR) is 365 cm³/mol. The Morgan fingerprint density at radius 3 is 1.48 bits per heavy atom. The molecule has 0 saturated carbocycles. The molecule has 0 aromatic heterocycles. The van der Waals surface area contributed by atoms with Crippen LogP contribution >= 0.6 is 0 Å². The van der Waals surface area contributed by atoms with Gasteiger partial charge in [-0.15, -0.1) is 0 Å². The Kier molecular flexibility index (Phi) is 12.7. The lowest BCUT2D eigenvalue weighted by Crippen LogP contribution is -2.61. The summed E-state index contributed by atoms with van der Waals surface area (Å²) in [5, 5.41) is 0. The second kappa shape index (κ2) is 20.0. The molecule has 0 radical (unpaired) electrons. The second-order valence-corrected chi connectivity index (χ2v) is 26.8. The zero-order valence-electron chi connectivity index (χ0n) is 51.4. The largest absolute Gasteiger partial charge is 0.311 e. The number of fused-ring (bicyclic) bond motifs is 7. The summed E-state index contributed by atoms with van der Waals surface area (Å²) in [6, 6.07) is 87.7. The van der Waals surface area contributed by atoms with Crippen molar-refractivity contribution in [2.24, 2.45) is 0 Å². The highest BCUT2D eigenvalue weighted by Gasteiger charge is 2.45. The number of aryl methyl sites for hydroxylation is 4. The van der Waals surface area contributed by atoms with Gasteiger partial charge in [0.2, 0.25) is 0 Å². The van der Waals surface area contributed by atoms with Crippen LogP contribution in [0.1, 0.15) is 99.9 Å². The lowest BCUT2D eigenvalue weighted by molar-refractivity contribution is 0.589. The summed E-state index contributed by atoms with van der Waals surface area (Å²) in [5.74, 6) is 0. The molecule has 0 amide bonds. The molecule has 0 unspecified atom stereocenters. The standard InChI is InChI=1S/C81H74BN3/c1-51-22-21-23-52(2)76(51)59-34-43-72-71(46-59)82-70-42-40-65(83(78-53(3)44-60(45-54(78)4)79(5,6)7)62-35-30-57(31-36-62)55-24-15-13-16-25-55)50-73(70)84(63-37-32-58(33-38-63)56-26-17-14-18-27-56)74-47-61(80(8,9)10)48-75(77(74)82)85(72)64-39-41-67-66-28-19-20-29-68(66)81(11,12)69(67)49-64/h13-50H,1-12H3. The highest BCUT2D eigenvalue weighted by Crippen LogP contribution is 2.53. The van der Waals surface area contributed by atoms with Crippen LogP contribution in [0.5, 0.6) is 0 Å². The first-order valence-electron chi connectivity index (χ1n) is 30.4. The van der Waals surface area contributed by atoms with Gasteiger partial charge in [0.25, 0.3) is 6.71 Å². The number of nitrogens with zero attached hydrogens (tertiary/aromatic N) is 3. The minimum absolute atomic E-state index is 0.0105. The van der Waals surface area contributed by atoms with Gasteiger partial charge in [-0.25, -0.2) is 0 Å². The quantitative estimate of drug-likeness (QED) is 0.140. The molecule has 2 heterocycles. The Morgan fingerprint density at radius 1 is 0.365 bits per heavy atom. The van der Waals surface area contributed by atoms with Crippen LogP contribution < -0.4 is 31.1 Å². The van der Waals surface area contributed by atoms with E-state index in [1.165, 1.54) is 140 Å². The molecule has 0 saturated heterocycles. The zero-order valence-corrected chi connectivity index (χ0v) is 51.4. The number of anilines is 9. The number of hydrogen-bond donors (Lipinski definition) is 0. The maximum Gasteiger partial charge on any atom is 0.252 e. The number of hydrogen-bond acceptors (Lipinski definition) is 3. The highest BCUT2D eigenvalue weighted by molar-refractivity contribution is 7.00. The van der Waals surface area contributed by atoms with Crippen molar-refractivity contribution in [1.82, 2.24) is 0 Å². The Balaban J connectivity index is 1.06. The van der Waals surface area contributed by atoms with E-state index in [4.69, 9.17) is 0 Å². The van der Waals surface area contributed by atoms with E-state index in [2.05, 4.69) is 328 Å². The summed E-state index contributed by atoms with van der Waals surface area (Å²) in [4.78, 5) is 7.76. The van der Waals surface area contributed by atoms with E-state index in [1.54, 1.807) is 0 Å². The van der Waals surface area contributed by atoms with Gasteiger partial charge in [0, 0.05) is 50.9 Å². The molecule has 11 aromatic carbocycles. The predicted octanol–water partition coefficient (Wildman–Crippen LogP) is 20.4. The van der Waals surface area contributed by atoms with Crippen LogP contribution in [0.3, 0.4) is 0 Å². The third-order valence-corrected chi connectivity index (χ3v) is 18.8. The summed E-state index contributed by atoms with van der Waals surface area (Å²) in [5.41, 5.74) is 34.4. The van der Waals surface area contributed by atoms with Crippen LogP contribution in [0.15, 0.2) is 231 Å². The molecule has 4 heteroatoms. The Hall–Kier alpha value is -9.12. The second-order valence-electron chi connectivity index (χ2n) is 26.8. The van der Waals surface area contributed by atoms with Gasteiger partial charge in [-0.2, -0.15) is 0 Å². The van der Waals surface area contributed by atoms with Crippen molar-refractivity contribution >= 4 is 74.3 Å². The molecule has 3 aliphatic rings. The third kappa shape index (κ3) is 8.94. The Labute approximate surface area is 505 Å². The van der Waals surface area contributed by atoms with Crippen LogP contribution in [0, 0.1) is 27.7 Å². The summed E-state index contributed by atoms with van der Waals surface area (Å²) in [6.45, 7) is 27.9. The lowest BCUT2D eigenvalue weighted by Gasteiger charge is -2.45. The van der Waals surface area contributed by atoms with Crippen molar-refractivity contribution in [1.29, 1.82) is 0 Å². The van der Waals surface area contributed by atoms with E-state index in [1.807, 2.05) is 0 Å². The maximum absolute atomic E-state index is 2.62. The molecule has 416 valence electrons. The van der Waals surface area contributed by atoms with Crippen LogP contribution in [-0.4, -0.2) is 6.71 Å². The van der Waals surface area contributed by atoms with Crippen LogP contribution in [0.4, 0.5) is 51.2 Å². The molecule has 2 aliphatic heterocycles. The van der Waals surface area contributed by atoms with Crippen LogP contribution in [-0.2, 0) is 16.2 Å². The first-order chi connectivity index (χ1) is 40.8. The highest BCUT2D eigenvalue weighted by atomic mass is 15.2. The molecule has 14 rings (SSSR count). The van der Waals surface area contributed by atoms with Crippen molar-refractivity contribution in [3.8, 4) is 44.5 Å². The minimum Gasteiger partial charge on any atom is -0.311 e. The summed E-state index contributed by atoms with van der Waals surface area (Å²) in [7, 11) is 0. The van der Waals surface area contributed by atoms with Gasteiger partial charge in [0.1, 0.15) is 0 Å². The fraction of sp³-hybridized carbons (Fsp3) is 0.185. The van der Waals surface area contributed by atoms with Gasteiger partial charge < -0.3 is 14.7 Å². The van der Waals surface area contributed by atoms with Crippen molar-refractivity contribution < 1.29 is 0 Å². The van der Waals surface area contributed by atoms with Gasteiger partial charge in [0.15, 0.2) is 0 Å². The van der Waals surface area contributed by atoms with Gasteiger partial charge in [-0.1, -0.05) is 219 Å². The molecule has 1 aliphatic carbocycles. The first kappa shape index (κ1) is 53.9. The van der Waals surface area contributed by atoms with E-state index in [9.17, 15) is 0 Å². The molecular formula is C81H74BN3. The third-order valence-electron chi connectivity index (χ3n) is 18.8. The summed E-state index contributed by atoms with van der Waals surface area (Å²) >= 11 is 0. The zero-order chi connectivity index (χ0) is 58.8. The van der Waals surface area contributed by atoms with E-state index >= 15 is 0 Å². The van der Waals surface area contributed by atoms with Gasteiger partial charge in [0.05, 0.1) is 5.69 Å². The molecule has 85 heavy (non-hydrogen) atoms. The summed E-state index contributed by atoms with van der Waals surface area (Å²) < 4.78 is 0. The van der Waals surface area contributed by atoms with Crippen molar-refractivity contribution in [2.75, 3.05) is 14.7 Å². The van der Waals surface area contributed by atoms with E-state index in [0.717, 1.165) is 17.1 Å². The molecular weight excluding hydrogens is 1030 g/mol. The lowest BCUT2D eigenvalue weighted by atomic mass is 9.33. The topological polar surface area (TPSA) is 9.72 Å². The Bertz CT molecular complexity index is 4400.